The molecule has 0 unspecified atom stereocenters. The Morgan fingerprint density at radius 3 is 2.58 bits per heavy atom. The van der Waals surface area contributed by atoms with Crippen molar-refractivity contribution in [3.63, 3.8) is 0 Å². The van der Waals surface area contributed by atoms with Gasteiger partial charge in [0.2, 0.25) is 18.2 Å². The minimum absolute atomic E-state index is 0.0125. The topological polar surface area (TPSA) is 68.0 Å². The summed E-state index contributed by atoms with van der Waals surface area (Å²) in [5.41, 5.74) is 2.78. The van der Waals surface area contributed by atoms with Crippen molar-refractivity contribution in [1.29, 1.82) is 0 Å². The van der Waals surface area contributed by atoms with Crippen LogP contribution in [0.5, 0.6) is 0 Å². The van der Waals surface area contributed by atoms with Crippen molar-refractivity contribution >= 4 is 23.4 Å². The summed E-state index contributed by atoms with van der Waals surface area (Å²) >= 11 is 1.61. The van der Waals surface area contributed by atoms with E-state index in [1.54, 1.807) is 11.8 Å². The number of aromatic nitrogens is 2. The van der Waals surface area contributed by atoms with Gasteiger partial charge in [0, 0.05) is 17.0 Å². The average molecular weight is 339 g/mol. The molecule has 0 saturated heterocycles. The van der Waals surface area contributed by atoms with Crippen LogP contribution in [-0.2, 0) is 10.5 Å². The Bertz CT molecular complexity index is 774. The Kier molecular flexibility index (Phi) is 5.28. The van der Waals surface area contributed by atoms with Gasteiger partial charge < -0.3 is 9.73 Å². The Morgan fingerprint density at radius 2 is 1.92 bits per heavy atom. The average Bonchev–Trinajstić information content (AvgIpc) is 3.16. The molecule has 1 aromatic heterocycles. The quantitative estimate of drug-likeness (QED) is 0.735. The molecule has 0 radical (unpaired) electrons. The third-order valence-corrected chi connectivity index (χ3v) is 4.69. The molecule has 1 heterocycles. The van der Waals surface area contributed by atoms with Crippen LogP contribution in [0.1, 0.15) is 12.5 Å². The summed E-state index contributed by atoms with van der Waals surface area (Å²) in [5.74, 6) is 1.26. The van der Waals surface area contributed by atoms with Gasteiger partial charge >= 0.3 is 0 Å². The van der Waals surface area contributed by atoms with Crippen molar-refractivity contribution in [2.45, 2.75) is 17.9 Å². The lowest BCUT2D eigenvalue weighted by Crippen LogP contribution is -2.22. The van der Waals surface area contributed by atoms with Crippen molar-refractivity contribution in [1.82, 2.24) is 10.2 Å². The lowest BCUT2D eigenvalue weighted by Gasteiger charge is -2.12. The van der Waals surface area contributed by atoms with Crippen LogP contribution in [0.2, 0.25) is 0 Å². The predicted octanol–water partition coefficient (Wildman–Crippen LogP) is 4.00. The number of benzene rings is 2. The van der Waals surface area contributed by atoms with Gasteiger partial charge in [-0.2, -0.15) is 0 Å². The number of amides is 1. The highest BCUT2D eigenvalue weighted by atomic mass is 32.2. The maximum Gasteiger partial charge on any atom is 0.247 e. The van der Waals surface area contributed by atoms with Gasteiger partial charge in [-0.25, -0.2) is 0 Å². The van der Waals surface area contributed by atoms with E-state index in [0.29, 0.717) is 5.89 Å². The van der Waals surface area contributed by atoms with E-state index < -0.39 is 0 Å². The minimum atomic E-state index is -0.138. The minimum Gasteiger partial charge on any atom is -0.423 e. The third-order valence-electron chi connectivity index (χ3n) is 3.47. The van der Waals surface area contributed by atoms with Gasteiger partial charge in [0.1, 0.15) is 0 Å². The first kappa shape index (κ1) is 16.3. The van der Waals surface area contributed by atoms with E-state index >= 15 is 0 Å². The van der Waals surface area contributed by atoms with Crippen LogP contribution in [0.25, 0.3) is 11.5 Å². The number of rotatable bonds is 6. The van der Waals surface area contributed by atoms with E-state index in [0.717, 1.165) is 17.0 Å². The Morgan fingerprint density at radius 1 is 1.17 bits per heavy atom. The van der Waals surface area contributed by atoms with Crippen molar-refractivity contribution in [2.75, 3.05) is 5.32 Å². The van der Waals surface area contributed by atoms with E-state index in [2.05, 4.69) is 27.6 Å². The molecule has 3 aromatic rings. The third kappa shape index (κ3) is 4.23. The van der Waals surface area contributed by atoms with Crippen LogP contribution in [0.15, 0.2) is 65.4 Å². The van der Waals surface area contributed by atoms with Gasteiger partial charge in [-0.15, -0.1) is 22.0 Å². The largest absolute Gasteiger partial charge is 0.423 e. The number of nitrogens with zero attached hydrogens (tertiary/aromatic N) is 2. The summed E-state index contributed by atoms with van der Waals surface area (Å²) in [7, 11) is 0. The fourth-order valence-electron chi connectivity index (χ4n) is 2.11. The lowest BCUT2D eigenvalue weighted by molar-refractivity contribution is -0.115. The molecule has 122 valence electrons. The lowest BCUT2D eigenvalue weighted by atomic mass is 10.2. The monoisotopic (exact) mass is 339 g/mol. The summed E-state index contributed by atoms with van der Waals surface area (Å²) < 4.78 is 5.14. The number of anilines is 1. The summed E-state index contributed by atoms with van der Waals surface area (Å²) in [4.78, 5) is 12.3. The first-order chi connectivity index (χ1) is 11.7. The SMILES string of the molecule is C[C@H](SCc1ccccc1)C(=O)Nc1ccc(-c2nnco2)cc1. The van der Waals surface area contributed by atoms with Crippen LogP contribution in [0.3, 0.4) is 0 Å². The summed E-state index contributed by atoms with van der Waals surface area (Å²) in [6, 6.07) is 17.5. The number of hydrogen-bond acceptors (Lipinski definition) is 5. The molecule has 24 heavy (non-hydrogen) atoms. The zero-order valence-corrected chi connectivity index (χ0v) is 14.0. The second-order valence-corrected chi connectivity index (χ2v) is 6.58. The van der Waals surface area contributed by atoms with Crippen molar-refractivity contribution in [3.8, 4) is 11.5 Å². The van der Waals surface area contributed by atoms with Gasteiger partial charge in [0.05, 0.1) is 5.25 Å². The standard InChI is InChI=1S/C18H17N3O2S/c1-13(24-11-14-5-3-2-4-6-14)17(22)20-16-9-7-15(8-10-16)18-21-19-12-23-18/h2-10,12-13H,11H2,1H3,(H,20,22)/t13-/m0/s1. The molecule has 1 N–H and O–H groups in total. The Labute approximate surface area is 144 Å². The summed E-state index contributed by atoms with van der Waals surface area (Å²) in [6.07, 6.45) is 1.29. The van der Waals surface area contributed by atoms with E-state index in [9.17, 15) is 4.79 Å². The van der Waals surface area contributed by atoms with Crippen LogP contribution in [-0.4, -0.2) is 21.4 Å². The van der Waals surface area contributed by atoms with E-state index in [4.69, 9.17) is 4.42 Å². The molecule has 6 heteroatoms. The van der Waals surface area contributed by atoms with Gasteiger partial charge in [0.15, 0.2) is 0 Å². The van der Waals surface area contributed by atoms with Gasteiger partial charge in [-0.05, 0) is 36.8 Å². The smallest absolute Gasteiger partial charge is 0.247 e. The molecule has 2 aromatic carbocycles. The highest BCUT2D eigenvalue weighted by molar-refractivity contribution is 7.99. The first-order valence-electron chi connectivity index (χ1n) is 7.55. The molecule has 5 nitrogen and oxygen atoms in total. The number of carbonyl (C=O) groups is 1. The van der Waals surface area contributed by atoms with Crippen molar-refractivity contribution < 1.29 is 9.21 Å². The van der Waals surface area contributed by atoms with E-state index in [-0.39, 0.29) is 11.2 Å². The van der Waals surface area contributed by atoms with Crippen LogP contribution in [0, 0.1) is 0 Å². The van der Waals surface area contributed by atoms with Gasteiger partial charge in [-0.1, -0.05) is 30.3 Å². The number of thioether (sulfide) groups is 1. The van der Waals surface area contributed by atoms with Crippen LogP contribution in [0.4, 0.5) is 5.69 Å². The number of hydrogen-bond donors (Lipinski definition) is 1. The second kappa shape index (κ2) is 7.79. The predicted molar refractivity (Wildman–Crippen MR) is 95.6 cm³/mol. The van der Waals surface area contributed by atoms with E-state index in [1.165, 1.54) is 12.0 Å². The van der Waals surface area contributed by atoms with Crippen molar-refractivity contribution in [2.24, 2.45) is 0 Å². The van der Waals surface area contributed by atoms with Gasteiger partial charge in [0.25, 0.3) is 0 Å². The summed E-state index contributed by atoms with van der Waals surface area (Å²) in [6.45, 7) is 1.91. The van der Waals surface area contributed by atoms with Gasteiger partial charge in [-0.3, -0.25) is 4.79 Å². The number of carbonyl (C=O) groups excluding carboxylic acids is 1. The number of nitrogens with one attached hydrogen (secondary N) is 1. The molecular weight excluding hydrogens is 322 g/mol. The maximum absolute atomic E-state index is 12.3. The normalized spacial score (nSPS) is 11.9. The maximum atomic E-state index is 12.3. The first-order valence-corrected chi connectivity index (χ1v) is 8.60. The van der Waals surface area contributed by atoms with E-state index in [1.807, 2.05) is 49.4 Å². The molecule has 0 aliphatic rings. The Hall–Kier alpha value is -2.60. The zero-order valence-electron chi connectivity index (χ0n) is 13.2. The fraction of sp³-hybridized carbons (Fsp3) is 0.167. The molecule has 1 amide bonds. The molecule has 3 rings (SSSR count). The van der Waals surface area contributed by atoms with Crippen LogP contribution < -0.4 is 5.32 Å². The molecule has 0 saturated carbocycles. The second-order valence-electron chi connectivity index (χ2n) is 5.25. The molecule has 0 fully saturated rings. The van der Waals surface area contributed by atoms with Crippen molar-refractivity contribution in [3.05, 3.63) is 66.6 Å². The zero-order chi connectivity index (χ0) is 16.8. The molecule has 0 aliphatic carbocycles. The fourth-order valence-corrected chi connectivity index (χ4v) is 2.96. The molecular formula is C18H17N3O2S. The molecule has 0 spiro atoms. The molecule has 0 aliphatic heterocycles. The molecule has 1 atom stereocenters. The Balaban J connectivity index is 1.54. The highest BCUT2D eigenvalue weighted by Gasteiger charge is 2.14. The molecule has 0 bridgehead atoms. The highest BCUT2D eigenvalue weighted by Crippen LogP contribution is 2.21. The van der Waals surface area contributed by atoms with Crippen LogP contribution >= 0.6 is 11.8 Å². The summed E-state index contributed by atoms with van der Waals surface area (Å²) in [5, 5.41) is 10.3.